The second-order valence-electron chi connectivity index (χ2n) is 11.6. The summed E-state index contributed by atoms with van der Waals surface area (Å²) in [6, 6.07) is 15.3. The summed E-state index contributed by atoms with van der Waals surface area (Å²) in [5, 5.41) is 3.05. The van der Waals surface area contributed by atoms with Gasteiger partial charge in [-0.1, -0.05) is 25.1 Å². The molecule has 2 aromatic heterocycles. The van der Waals surface area contributed by atoms with E-state index < -0.39 is 24.0 Å². The molecular weight excluding hydrogens is 593 g/mol. The molecule has 11 nitrogen and oxygen atoms in total. The number of hydrogen-bond donors (Lipinski definition) is 1. The molecule has 240 valence electrons. The molecule has 4 aromatic rings. The molecule has 2 aliphatic rings. The first-order valence-electron chi connectivity index (χ1n) is 15.3. The van der Waals surface area contributed by atoms with E-state index in [1.165, 1.54) is 21.3 Å². The molecule has 0 saturated carbocycles. The van der Waals surface area contributed by atoms with Gasteiger partial charge in [-0.2, -0.15) is 4.39 Å². The third kappa shape index (κ3) is 6.38. The number of carbonyl (C=O) groups is 3. The Kier molecular flexibility index (Phi) is 8.89. The van der Waals surface area contributed by atoms with Crippen molar-refractivity contribution in [3.8, 4) is 17.2 Å². The number of aryl methyl sites for hydroxylation is 1. The SMILES string of the molecule is CCCN1CC(=O)N[C@H]2CCN(C(=O)c3nc4ccc(C)cn4c3F)C[C@@H]2OCc2cccc(c2)Oc2cc(ccc2OC)C1=O. The van der Waals surface area contributed by atoms with Crippen molar-refractivity contribution in [1.82, 2.24) is 24.5 Å². The summed E-state index contributed by atoms with van der Waals surface area (Å²) in [5.41, 5.74) is 2.06. The topological polar surface area (TPSA) is 115 Å². The molecule has 1 saturated heterocycles. The second-order valence-corrected chi connectivity index (χ2v) is 11.6. The normalized spacial score (nSPS) is 19.0. The van der Waals surface area contributed by atoms with Crippen molar-refractivity contribution in [3.63, 3.8) is 0 Å². The van der Waals surface area contributed by atoms with E-state index in [1.54, 1.807) is 42.6 Å². The maximum Gasteiger partial charge on any atom is 0.277 e. The zero-order valence-electron chi connectivity index (χ0n) is 26.0. The smallest absolute Gasteiger partial charge is 0.277 e. The number of hydrogen-bond acceptors (Lipinski definition) is 7. The van der Waals surface area contributed by atoms with Crippen molar-refractivity contribution in [3.05, 3.63) is 89.1 Å². The van der Waals surface area contributed by atoms with Crippen LogP contribution in [-0.4, -0.2) is 82.3 Å². The lowest BCUT2D eigenvalue weighted by Gasteiger charge is -2.38. The molecule has 3 amide bonds. The highest BCUT2D eigenvalue weighted by Crippen LogP contribution is 2.33. The van der Waals surface area contributed by atoms with E-state index in [-0.39, 0.29) is 43.7 Å². The Hall–Kier alpha value is -4.97. The molecule has 0 aliphatic carbocycles. The Morgan fingerprint density at radius 3 is 2.80 bits per heavy atom. The van der Waals surface area contributed by atoms with Crippen molar-refractivity contribution in [1.29, 1.82) is 0 Å². The monoisotopic (exact) mass is 629 g/mol. The Bertz CT molecular complexity index is 1790. The predicted molar refractivity (Wildman–Crippen MR) is 167 cm³/mol. The van der Waals surface area contributed by atoms with Crippen LogP contribution in [0, 0.1) is 12.9 Å². The lowest BCUT2D eigenvalue weighted by Crippen LogP contribution is -2.57. The summed E-state index contributed by atoms with van der Waals surface area (Å²) in [5.74, 6) is -0.614. The summed E-state index contributed by atoms with van der Waals surface area (Å²) in [6.07, 6.45) is 1.99. The molecule has 1 fully saturated rings. The van der Waals surface area contributed by atoms with Crippen LogP contribution in [0.4, 0.5) is 4.39 Å². The fourth-order valence-corrected chi connectivity index (χ4v) is 5.89. The van der Waals surface area contributed by atoms with Gasteiger partial charge < -0.3 is 29.3 Å². The molecule has 4 heterocycles. The molecule has 0 radical (unpaired) electrons. The van der Waals surface area contributed by atoms with Crippen LogP contribution in [0.15, 0.2) is 60.8 Å². The number of aromatic nitrogens is 2. The molecule has 2 aliphatic heterocycles. The van der Waals surface area contributed by atoms with Crippen molar-refractivity contribution in [2.24, 2.45) is 0 Å². The van der Waals surface area contributed by atoms with Crippen LogP contribution in [0.5, 0.6) is 17.2 Å². The van der Waals surface area contributed by atoms with Gasteiger partial charge in [0.15, 0.2) is 17.2 Å². The second kappa shape index (κ2) is 13.2. The number of methoxy groups -OCH3 is 1. The van der Waals surface area contributed by atoms with E-state index >= 15 is 4.39 Å². The summed E-state index contributed by atoms with van der Waals surface area (Å²) in [6.45, 7) is 4.50. The summed E-state index contributed by atoms with van der Waals surface area (Å²) >= 11 is 0. The van der Waals surface area contributed by atoms with Crippen LogP contribution in [-0.2, 0) is 16.1 Å². The Labute approximate surface area is 265 Å². The van der Waals surface area contributed by atoms with Gasteiger partial charge in [-0.3, -0.25) is 18.8 Å². The summed E-state index contributed by atoms with van der Waals surface area (Å²) in [7, 11) is 1.52. The fraction of sp³-hybridized carbons (Fsp3) is 0.353. The highest BCUT2D eigenvalue weighted by atomic mass is 19.1. The number of nitrogens with zero attached hydrogens (tertiary/aromatic N) is 4. The molecule has 2 aromatic carbocycles. The van der Waals surface area contributed by atoms with Gasteiger partial charge in [0.05, 0.1) is 32.4 Å². The van der Waals surface area contributed by atoms with Crippen molar-refractivity contribution in [2.75, 3.05) is 33.3 Å². The van der Waals surface area contributed by atoms with Gasteiger partial charge >= 0.3 is 0 Å². The summed E-state index contributed by atoms with van der Waals surface area (Å²) in [4.78, 5) is 47.8. The first-order chi connectivity index (χ1) is 22.2. The quantitative estimate of drug-likeness (QED) is 0.357. The van der Waals surface area contributed by atoms with Crippen LogP contribution in [0.25, 0.3) is 5.65 Å². The van der Waals surface area contributed by atoms with Crippen LogP contribution in [0.1, 0.15) is 51.7 Å². The van der Waals surface area contributed by atoms with E-state index in [0.717, 1.165) is 11.1 Å². The number of rotatable bonds is 4. The van der Waals surface area contributed by atoms with Crippen LogP contribution >= 0.6 is 0 Å². The standard InChI is InChI=1S/C34H36FN5O6/c1-4-13-38-19-30(41)36-25-12-14-39(34(43)31-32(35)40-17-21(2)8-11-29(40)37-31)18-28(25)45-20-22-6-5-7-24(15-22)46-27-16-23(33(38)42)9-10-26(27)44-3/h5-11,15-17,25,28H,4,12-14,18-20H2,1-3H3,(H,36,41)/t25-,28-/m0/s1. The third-order valence-electron chi connectivity index (χ3n) is 8.22. The first-order valence-corrected chi connectivity index (χ1v) is 15.3. The van der Waals surface area contributed by atoms with Gasteiger partial charge in [-0.25, -0.2) is 4.98 Å². The molecule has 12 heteroatoms. The third-order valence-corrected chi connectivity index (χ3v) is 8.22. The molecule has 46 heavy (non-hydrogen) atoms. The van der Waals surface area contributed by atoms with Crippen LogP contribution < -0.4 is 14.8 Å². The van der Waals surface area contributed by atoms with Crippen molar-refractivity contribution < 1.29 is 33.0 Å². The highest BCUT2D eigenvalue weighted by molar-refractivity contribution is 5.97. The lowest BCUT2D eigenvalue weighted by atomic mass is 10.0. The van der Waals surface area contributed by atoms with E-state index in [2.05, 4.69) is 10.3 Å². The van der Waals surface area contributed by atoms with Crippen LogP contribution in [0.2, 0.25) is 0 Å². The van der Waals surface area contributed by atoms with Gasteiger partial charge in [-0.05, 0) is 67.3 Å². The lowest BCUT2D eigenvalue weighted by molar-refractivity contribution is -0.124. The molecule has 1 N–H and O–H groups in total. The van der Waals surface area contributed by atoms with Crippen molar-refractivity contribution in [2.45, 2.75) is 45.4 Å². The molecule has 4 bridgehead atoms. The maximum absolute atomic E-state index is 15.3. The molecule has 2 atom stereocenters. The van der Waals surface area contributed by atoms with Gasteiger partial charge in [0.1, 0.15) is 11.4 Å². The van der Waals surface area contributed by atoms with Gasteiger partial charge in [0.25, 0.3) is 11.8 Å². The minimum absolute atomic E-state index is 0.103. The number of fused-ring (bicyclic) bond motifs is 6. The molecular formula is C34H36FN5O6. The number of nitrogens with one attached hydrogen (secondary N) is 1. The molecule has 6 rings (SSSR count). The Morgan fingerprint density at radius 2 is 2.00 bits per heavy atom. The number of ether oxygens (including phenoxy) is 3. The van der Waals surface area contributed by atoms with Gasteiger partial charge in [-0.15, -0.1) is 0 Å². The molecule has 0 spiro atoms. The van der Waals surface area contributed by atoms with Crippen molar-refractivity contribution >= 4 is 23.4 Å². The number of imidazole rings is 1. The van der Waals surface area contributed by atoms with E-state index in [9.17, 15) is 14.4 Å². The highest BCUT2D eigenvalue weighted by Gasteiger charge is 2.36. The largest absolute Gasteiger partial charge is 0.493 e. The van der Waals surface area contributed by atoms with E-state index in [4.69, 9.17) is 14.2 Å². The average Bonchev–Trinajstić information content (AvgIpc) is 3.38. The Balaban J connectivity index is 1.30. The number of piperidine rings is 1. The van der Waals surface area contributed by atoms with E-state index in [0.29, 0.717) is 47.8 Å². The van der Waals surface area contributed by atoms with Gasteiger partial charge in [0.2, 0.25) is 11.9 Å². The zero-order chi connectivity index (χ0) is 32.4. The van der Waals surface area contributed by atoms with Crippen LogP contribution in [0.3, 0.4) is 0 Å². The fourth-order valence-electron chi connectivity index (χ4n) is 5.89. The first kappa shape index (κ1) is 31.0. The Morgan fingerprint density at radius 1 is 1.15 bits per heavy atom. The number of pyridine rings is 1. The predicted octanol–water partition coefficient (Wildman–Crippen LogP) is 4.36. The number of amides is 3. The minimum Gasteiger partial charge on any atom is -0.493 e. The maximum atomic E-state index is 15.3. The molecule has 0 unspecified atom stereocenters. The zero-order valence-corrected chi connectivity index (χ0v) is 26.0. The number of benzene rings is 2. The number of carbonyl (C=O) groups excluding carboxylic acids is 3. The number of likely N-dealkylation sites (tertiary alicyclic amines) is 1. The van der Waals surface area contributed by atoms with Gasteiger partial charge in [0, 0.05) is 31.4 Å². The summed E-state index contributed by atoms with van der Waals surface area (Å²) < 4.78 is 34.6. The van der Waals surface area contributed by atoms with E-state index in [1.807, 2.05) is 32.0 Å². The minimum atomic E-state index is -0.725. The average molecular weight is 630 g/mol. The number of halogens is 1.